The first-order valence-corrected chi connectivity index (χ1v) is 7.54. The van der Waals surface area contributed by atoms with E-state index in [1.807, 2.05) is 50.2 Å². The molecular formula is C17H19N5O. The fraction of sp³-hybridized carbons (Fsp3) is 0.235. The lowest BCUT2D eigenvalue weighted by Crippen LogP contribution is -2.32. The zero-order valence-electron chi connectivity index (χ0n) is 13.2. The lowest BCUT2D eigenvalue weighted by atomic mass is 10.3. The van der Waals surface area contributed by atoms with Gasteiger partial charge in [0.1, 0.15) is 11.6 Å². The number of anilines is 1. The molecule has 0 radical (unpaired) electrons. The summed E-state index contributed by atoms with van der Waals surface area (Å²) >= 11 is 0. The molecule has 2 heterocycles. The van der Waals surface area contributed by atoms with Crippen molar-refractivity contribution in [1.29, 1.82) is 0 Å². The summed E-state index contributed by atoms with van der Waals surface area (Å²) in [5.74, 6) is 1.49. The second-order valence-electron chi connectivity index (χ2n) is 5.34. The van der Waals surface area contributed by atoms with Gasteiger partial charge in [0.2, 0.25) is 0 Å². The summed E-state index contributed by atoms with van der Waals surface area (Å²) in [6.07, 6.45) is 0. The van der Waals surface area contributed by atoms with Crippen molar-refractivity contribution in [2.24, 2.45) is 0 Å². The summed E-state index contributed by atoms with van der Waals surface area (Å²) in [5.41, 5.74) is 2.91. The van der Waals surface area contributed by atoms with Crippen molar-refractivity contribution >= 4 is 22.9 Å². The number of nitrogens with one attached hydrogen (secondary N) is 2. The highest BCUT2D eigenvalue weighted by Crippen LogP contribution is 2.14. The van der Waals surface area contributed by atoms with Crippen LogP contribution in [-0.2, 0) is 6.54 Å². The standard InChI is InChI=1S/C17H19N5O/c1-12-6-5-9-16(19-12)21-17(23)18-10-11-22-13(2)20-14-7-3-4-8-15(14)22/h3-9H,10-11H2,1-2H3,(H2,18,19,21,23). The summed E-state index contributed by atoms with van der Waals surface area (Å²) in [4.78, 5) is 20.7. The van der Waals surface area contributed by atoms with Gasteiger partial charge in [0.05, 0.1) is 11.0 Å². The highest BCUT2D eigenvalue weighted by Gasteiger charge is 2.07. The van der Waals surface area contributed by atoms with E-state index >= 15 is 0 Å². The number of pyridine rings is 1. The van der Waals surface area contributed by atoms with Crippen molar-refractivity contribution in [2.45, 2.75) is 20.4 Å². The van der Waals surface area contributed by atoms with Crippen molar-refractivity contribution < 1.29 is 4.79 Å². The molecule has 0 aliphatic rings. The van der Waals surface area contributed by atoms with Gasteiger partial charge in [-0.3, -0.25) is 5.32 Å². The summed E-state index contributed by atoms with van der Waals surface area (Å²) in [7, 11) is 0. The second kappa shape index (κ2) is 6.48. The maximum absolute atomic E-state index is 11.9. The topological polar surface area (TPSA) is 71.8 Å². The molecule has 0 bridgehead atoms. The third kappa shape index (κ3) is 3.48. The molecule has 2 N–H and O–H groups in total. The van der Waals surface area contributed by atoms with Crippen LogP contribution in [-0.4, -0.2) is 27.1 Å². The quantitative estimate of drug-likeness (QED) is 0.778. The number of nitrogens with zero attached hydrogens (tertiary/aromatic N) is 3. The maximum Gasteiger partial charge on any atom is 0.320 e. The van der Waals surface area contributed by atoms with E-state index in [9.17, 15) is 4.79 Å². The minimum atomic E-state index is -0.259. The second-order valence-corrected chi connectivity index (χ2v) is 5.34. The molecule has 0 aliphatic carbocycles. The lowest BCUT2D eigenvalue weighted by Gasteiger charge is -2.09. The molecule has 2 aromatic heterocycles. The Morgan fingerprint density at radius 3 is 2.74 bits per heavy atom. The van der Waals surface area contributed by atoms with Crippen molar-refractivity contribution in [3.8, 4) is 0 Å². The van der Waals surface area contributed by atoms with E-state index in [1.165, 1.54) is 0 Å². The van der Waals surface area contributed by atoms with E-state index in [-0.39, 0.29) is 6.03 Å². The number of rotatable bonds is 4. The Bertz CT molecular complexity index is 840. The fourth-order valence-electron chi connectivity index (χ4n) is 2.53. The van der Waals surface area contributed by atoms with E-state index in [0.29, 0.717) is 18.9 Å². The van der Waals surface area contributed by atoms with Crippen LogP contribution in [0.1, 0.15) is 11.5 Å². The summed E-state index contributed by atoms with van der Waals surface area (Å²) in [6, 6.07) is 13.2. The number of carbonyl (C=O) groups is 1. The van der Waals surface area contributed by atoms with Gasteiger partial charge in [-0.25, -0.2) is 14.8 Å². The number of para-hydroxylation sites is 2. The number of urea groups is 1. The Morgan fingerprint density at radius 2 is 1.91 bits per heavy atom. The molecular weight excluding hydrogens is 290 g/mol. The van der Waals surface area contributed by atoms with Crippen LogP contribution in [0.25, 0.3) is 11.0 Å². The predicted molar refractivity (Wildman–Crippen MR) is 90.5 cm³/mol. The first-order chi connectivity index (χ1) is 11.1. The summed E-state index contributed by atoms with van der Waals surface area (Å²) in [6.45, 7) is 5.03. The zero-order valence-corrected chi connectivity index (χ0v) is 13.2. The lowest BCUT2D eigenvalue weighted by molar-refractivity contribution is 0.251. The molecule has 1 aromatic carbocycles. The number of fused-ring (bicyclic) bond motifs is 1. The molecule has 6 nitrogen and oxygen atoms in total. The first-order valence-electron chi connectivity index (χ1n) is 7.54. The molecule has 0 spiro atoms. The normalized spacial score (nSPS) is 10.7. The van der Waals surface area contributed by atoms with Crippen molar-refractivity contribution in [3.05, 3.63) is 54.0 Å². The van der Waals surface area contributed by atoms with E-state index in [1.54, 1.807) is 6.07 Å². The SMILES string of the molecule is Cc1cccc(NC(=O)NCCn2c(C)nc3ccccc32)n1. The Kier molecular flexibility index (Phi) is 4.23. The van der Waals surface area contributed by atoms with Gasteiger partial charge in [-0.2, -0.15) is 0 Å². The largest absolute Gasteiger partial charge is 0.336 e. The fourth-order valence-corrected chi connectivity index (χ4v) is 2.53. The molecule has 0 fully saturated rings. The van der Waals surface area contributed by atoms with Crippen LogP contribution >= 0.6 is 0 Å². The first kappa shape index (κ1) is 15.0. The smallest absolute Gasteiger partial charge is 0.320 e. The molecule has 23 heavy (non-hydrogen) atoms. The number of imidazole rings is 1. The number of hydrogen-bond donors (Lipinski definition) is 2. The molecule has 2 amide bonds. The number of carbonyl (C=O) groups excluding carboxylic acids is 1. The van der Waals surface area contributed by atoms with Gasteiger partial charge < -0.3 is 9.88 Å². The van der Waals surface area contributed by atoms with Gasteiger partial charge in [0.25, 0.3) is 0 Å². The Balaban J connectivity index is 1.58. The van der Waals surface area contributed by atoms with Crippen LogP contribution < -0.4 is 10.6 Å². The summed E-state index contributed by atoms with van der Waals surface area (Å²) < 4.78 is 2.10. The van der Waals surface area contributed by atoms with Gasteiger partial charge in [0, 0.05) is 18.8 Å². The molecule has 0 aliphatic heterocycles. The van der Waals surface area contributed by atoms with E-state index in [4.69, 9.17) is 0 Å². The van der Waals surface area contributed by atoms with Gasteiger partial charge in [-0.05, 0) is 38.1 Å². The molecule has 6 heteroatoms. The van der Waals surface area contributed by atoms with Gasteiger partial charge >= 0.3 is 6.03 Å². The molecule has 0 saturated carbocycles. The van der Waals surface area contributed by atoms with Gasteiger partial charge in [0.15, 0.2) is 0 Å². The van der Waals surface area contributed by atoms with Crippen molar-refractivity contribution in [3.63, 3.8) is 0 Å². The highest BCUT2D eigenvalue weighted by atomic mass is 16.2. The van der Waals surface area contributed by atoms with Gasteiger partial charge in [-0.1, -0.05) is 18.2 Å². The molecule has 118 valence electrons. The minimum absolute atomic E-state index is 0.259. The molecule has 0 saturated heterocycles. The van der Waals surface area contributed by atoms with E-state index in [0.717, 1.165) is 22.6 Å². The average molecular weight is 309 g/mol. The number of amides is 2. The number of hydrogen-bond acceptors (Lipinski definition) is 3. The maximum atomic E-state index is 11.9. The van der Waals surface area contributed by atoms with Crippen molar-refractivity contribution in [2.75, 3.05) is 11.9 Å². The van der Waals surface area contributed by atoms with Crippen LogP contribution in [0.5, 0.6) is 0 Å². The Labute approximate surface area is 134 Å². The monoisotopic (exact) mass is 309 g/mol. The van der Waals surface area contributed by atoms with E-state index in [2.05, 4.69) is 25.2 Å². The average Bonchev–Trinajstić information content (AvgIpc) is 2.83. The Morgan fingerprint density at radius 1 is 1.09 bits per heavy atom. The number of benzene rings is 1. The zero-order chi connectivity index (χ0) is 16.2. The Hall–Kier alpha value is -2.89. The number of aromatic nitrogens is 3. The highest BCUT2D eigenvalue weighted by molar-refractivity contribution is 5.88. The van der Waals surface area contributed by atoms with Crippen LogP contribution in [0.15, 0.2) is 42.5 Å². The van der Waals surface area contributed by atoms with Crippen LogP contribution in [0.2, 0.25) is 0 Å². The molecule has 3 rings (SSSR count). The molecule has 0 unspecified atom stereocenters. The van der Waals surface area contributed by atoms with Crippen LogP contribution in [0, 0.1) is 13.8 Å². The molecule has 3 aromatic rings. The van der Waals surface area contributed by atoms with Gasteiger partial charge in [-0.15, -0.1) is 0 Å². The minimum Gasteiger partial charge on any atom is -0.336 e. The van der Waals surface area contributed by atoms with Crippen LogP contribution in [0.4, 0.5) is 10.6 Å². The summed E-state index contributed by atoms with van der Waals surface area (Å²) in [5, 5.41) is 5.57. The third-order valence-electron chi connectivity index (χ3n) is 3.60. The number of aryl methyl sites for hydroxylation is 2. The van der Waals surface area contributed by atoms with E-state index < -0.39 is 0 Å². The van der Waals surface area contributed by atoms with Crippen LogP contribution in [0.3, 0.4) is 0 Å². The predicted octanol–water partition coefficient (Wildman–Crippen LogP) is 2.87. The molecule has 0 atom stereocenters. The van der Waals surface area contributed by atoms with Crippen molar-refractivity contribution in [1.82, 2.24) is 19.9 Å². The third-order valence-corrected chi connectivity index (χ3v) is 3.60.